The number of likely N-dealkylation sites (tertiary alicyclic amines) is 1. The molecule has 1 fully saturated rings. The van der Waals surface area contributed by atoms with Gasteiger partial charge in [-0.3, -0.25) is 9.69 Å². The summed E-state index contributed by atoms with van der Waals surface area (Å²) in [5, 5.41) is 0. The zero-order valence-corrected chi connectivity index (χ0v) is 19.4. The minimum absolute atomic E-state index is 0.0233. The van der Waals surface area contributed by atoms with Crippen molar-refractivity contribution >= 4 is 5.91 Å². The zero-order valence-electron chi connectivity index (χ0n) is 19.4. The Kier molecular flexibility index (Phi) is 6.45. The lowest BCUT2D eigenvalue weighted by molar-refractivity contribution is -0.137. The van der Waals surface area contributed by atoms with Gasteiger partial charge in [0.1, 0.15) is 5.75 Å². The maximum absolute atomic E-state index is 13.3. The molecule has 1 amide bonds. The fourth-order valence-electron chi connectivity index (χ4n) is 5.22. The van der Waals surface area contributed by atoms with E-state index < -0.39 is 11.7 Å². The summed E-state index contributed by atoms with van der Waals surface area (Å²) in [5.41, 5.74) is 1.46. The van der Waals surface area contributed by atoms with Gasteiger partial charge in [0.05, 0.1) is 11.7 Å². The van der Waals surface area contributed by atoms with E-state index in [-0.39, 0.29) is 17.6 Å². The monoisotopic (exact) mass is 460 g/mol. The molecule has 0 N–H and O–H groups in total. The Hall–Kier alpha value is -2.54. The first kappa shape index (κ1) is 23.6. The van der Waals surface area contributed by atoms with Crippen LogP contribution in [-0.2, 0) is 18.1 Å². The third-order valence-electron chi connectivity index (χ3n) is 6.96. The van der Waals surface area contributed by atoms with Gasteiger partial charge in [-0.2, -0.15) is 13.2 Å². The molecule has 2 heterocycles. The second kappa shape index (κ2) is 9.01. The van der Waals surface area contributed by atoms with Gasteiger partial charge in [0.2, 0.25) is 0 Å². The van der Waals surface area contributed by atoms with Crippen LogP contribution in [0.2, 0.25) is 0 Å². The highest BCUT2D eigenvalue weighted by molar-refractivity contribution is 5.94. The molecule has 7 heteroatoms. The van der Waals surface area contributed by atoms with Crippen LogP contribution in [0, 0.1) is 0 Å². The number of carbonyl (C=O) groups excluding carboxylic acids is 1. The van der Waals surface area contributed by atoms with Crippen LogP contribution in [0.4, 0.5) is 13.2 Å². The SMILES string of the molecule is CC(C)Oc1ccc(C(=O)N2CCC3(CC2)c2ccc(C(F)(F)F)cc2CCCN3C)cc1. The fourth-order valence-corrected chi connectivity index (χ4v) is 5.22. The van der Waals surface area contributed by atoms with Gasteiger partial charge < -0.3 is 9.64 Å². The maximum Gasteiger partial charge on any atom is 0.416 e. The molecule has 2 aromatic carbocycles. The topological polar surface area (TPSA) is 32.8 Å². The van der Waals surface area contributed by atoms with Crippen molar-refractivity contribution in [1.29, 1.82) is 0 Å². The zero-order chi connectivity index (χ0) is 23.8. The van der Waals surface area contributed by atoms with Crippen molar-refractivity contribution in [2.75, 3.05) is 26.7 Å². The van der Waals surface area contributed by atoms with E-state index in [0.29, 0.717) is 37.9 Å². The van der Waals surface area contributed by atoms with Gasteiger partial charge in [0.25, 0.3) is 5.91 Å². The van der Waals surface area contributed by atoms with Crippen LogP contribution in [0.5, 0.6) is 5.75 Å². The third kappa shape index (κ3) is 4.74. The fraction of sp³-hybridized carbons (Fsp3) is 0.500. The van der Waals surface area contributed by atoms with E-state index in [2.05, 4.69) is 11.9 Å². The number of carbonyl (C=O) groups is 1. The number of ether oxygens (including phenoxy) is 1. The highest BCUT2D eigenvalue weighted by atomic mass is 19.4. The van der Waals surface area contributed by atoms with Crippen LogP contribution in [0.15, 0.2) is 42.5 Å². The largest absolute Gasteiger partial charge is 0.491 e. The lowest BCUT2D eigenvalue weighted by Gasteiger charge is -2.48. The maximum atomic E-state index is 13.3. The number of aryl methyl sites for hydroxylation is 1. The van der Waals surface area contributed by atoms with Gasteiger partial charge in [-0.1, -0.05) is 6.07 Å². The Morgan fingerprint density at radius 2 is 1.70 bits per heavy atom. The summed E-state index contributed by atoms with van der Waals surface area (Å²) in [5.74, 6) is 0.707. The van der Waals surface area contributed by atoms with Crippen LogP contribution >= 0.6 is 0 Å². The Labute approximate surface area is 193 Å². The highest BCUT2D eigenvalue weighted by Crippen LogP contribution is 2.43. The van der Waals surface area contributed by atoms with Crippen molar-refractivity contribution in [3.05, 3.63) is 64.7 Å². The van der Waals surface area contributed by atoms with E-state index in [4.69, 9.17) is 4.74 Å². The van der Waals surface area contributed by atoms with Gasteiger partial charge >= 0.3 is 6.18 Å². The normalized spacial score (nSPS) is 18.8. The minimum Gasteiger partial charge on any atom is -0.491 e. The van der Waals surface area contributed by atoms with Crippen molar-refractivity contribution in [3.8, 4) is 5.75 Å². The molecule has 4 rings (SSSR count). The molecule has 1 saturated heterocycles. The number of nitrogens with zero attached hydrogens (tertiary/aromatic N) is 2. The first-order valence-electron chi connectivity index (χ1n) is 11.6. The number of piperidine rings is 1. The van der Waals surface area contributed by atoms with Crippen LogP contribution in [0.3, 0.4) is 0 Å². The van der Waals surface area contributed by atoms with Crippen molar-refractivity contribution in [1.82, 2.24) is 9.80 Å². The van der Waals surface area contributed by atoms with Crippen LogP contribution in [-0.4, -0.2) is 48.5 Å². The van der Waals surface area contributed by atoms with E-state index in [1.54, 1.807) is 18.2 Å². The van der Waals surface area contributed by atoms with E-state index in [0.717, 1.165) is 29.8 Å². The molecule has 2 aliphatic rings. The summed E-state index contributed by atoms with van der Waals surface area (Å²) < 4.78 is 45.5. The lowest BCUT2D eigenvalue weighted by atomic mass is 9.77. The molecule has 0 unspecified atom stereocenters. The van der Waals surface area contributed by atoms with Crippen LogP contribution in [0.1, 0.15) is 60.2 Å². The van der Waals surface area contributed by atoms with Crippen LogP contribution in [0.25, 0.3) is 0 Å². The van der Waals surface area contributed by atoms with Crippen LogP contribution < -0.4 is 4.74 Å². The second-order valence-electron chi connectivity index (χ2n) is 9.41. The molecule has 2 aromatic rings. The molecule has 0 atom stereocenters. The summed E-state index contributed by atoms with van der Waals surface area (Å²) in [6.07, 6.45) is -1.42. The number of benzene rings is 2. The standard InChI is InChI=1S/C26H31F3N2O2/c1-18(2)33-22-9-6-19(7-10-22)24(32)31-15-12-25(13-16-31)23-11-8-21(26(27,28)29)17-20(23)5-4-14-30(25)3/h6-11,17-18H,4-5,12-16H2,1-3H3. The molecule has 178 valence electrons. The molecule has 0 aromatic heterocycles. The third-order valence-corrected chi connectivity index (χ3v) is 6.96. The summed E-state index contributed by atoms with van der Waals surface area (Å²) in [6.45, 7) is 5.85. The molecule has 33 heavy (non-hydrogen) atoms. The summed E-state index contributed by atoms with van der Waals surface area (Å²) in [4.78, 5) is 17.2. The van der Waals surface area contributed by atoms with Gasteiger partial charge in [-0.15, -0.1) is 0 Å². The first-order chi connectivity index (χ1) is 15.6. The predicted molar refractivity (Wildman–Crippen MR) is 121 cm³/mol. The molecule has 0 radical (unpaired) electrons. The molecule has 0 aliphatic carbocycles. The Balaban J connectivity index is 1.53. The van der Waals surface area contributed by atoms with E-state index >= 15 is 0 Å². The molecule has 0 bridgehead atoms. The van der Waals surface area contributed by atoms with Crippen molar-refractivity contribution in [3.63, 3.8) is 0 Å². The molecular weight excluding hydrogens is 429 g/mol. The number of fused-ring (bicyclic) bond motifs is 2. The van der Waals surface area contributed by atoms with E-state index in [9.17, 15) is 18.0 Å². The quantitative estimate of drug-likeness (QED) is 0.606. The molecule has 1 spiro atoms. The number of hydrogen-bond donors (Lipinski definition) is 0. The average Bonchev–Trinajstić information content (AvgIpc) is 2.90. The van der Waals surface area contributed by atoms with Gasteiger partial charge in [0, 0.05) is 24.2 Å². The lowest BCUT2D eigenvalue weighted by Crippen LogP contribution is -2.53. The van der Waals surface area contributed by atoms with Gasteiger partial charge in [-0.05, 0) is 101 Å². The van der Waals surface area contributed by atoms with Crippen molar-refractivity contribution in [2.24, 2.45) is 0 Å². The Bertz CT molecular complexity index is 994. The van der Waals surface area contributed by atoms with Crippen molar-refractivity contribution < 1.29 is 22.7 Å². The highest BCUT2D eigenvalue weighted by Gasteiger charge is 2.43. The predicted octanol–water partition coefficient (Wildman–Crippen LogP) is 5.50. The first-order valence-corrected chi connectivity index (χ1v) is 11.6. The average molecular weight is 461 g/mol. The molecule has 2 aliphatic heterocycles. The smallest absolute Gasteiger partial charge is 0.416 e. The number of hydrogen-bond acceptors (Lipinski definition) is 3. The number of rotatable bonds is 3. The molecule has 0 saturated carbocycles. The number of alkyl halides is 3. The summed E-state index contributed by atoms with van der Waals surface area (Å²) in [7, 11) is 2.05. The van der Waals surface area contributed by atoms with Gasteiger partial charge in [-0.25, -0.2) is 0 Å². The number of amides is 1. The van der Waals surface area contributed by atoms with E-state index in [1.807, 2.05) is 30.9 Å². The Morgan fingerprint density at radius 3 is 2.30 bits per heavy atom. The Morgan fingerprint density at radius 1 is 1.03 bits per heavy atom. The minimum atomic E-state index is -4.34. The molecule has 4 nitrogen and oxygen atoms in total. The summed E-state index contributed by atoms with van der Waals surface area (Å²) in [6, 6.07) is 11.4. The van der Waals surface area contributed by atoms with Gasteiger partial charge in [0.15, 0.2) is 0 Å². The van der Waals surface area contributed by atoms with E-state index in [1.165, 1.54) is 12.1 Å². The number of halogens is 3. The van der Waals surface area contributed by atoms with Crippen molar-refractivity contribution in [2.45, 2.75) is 57.3 Å². The second-order valence-corrected chi connectivity index (χ2v) is 9.41. The molecular formula is C26H31F3N2O2. The summed E-state index contributed by atoms with van der Waals surface area (Å²) >= 11 is 0.